The van der Waals surface area contributed by atoms with Crippen LogP contribution < -0.4 is 5.73 Å². The summed E-state index contributed by atoms with van der Waals surface area (Å²) in [4.78, 5) is 28.5. The number of esters is 1. The van der Waals surface area contributed by atoms with Crippen molar-refractivity contribution < 1.29 is 38.6 Å². The molecule has 188 valence electrons. The maximum Gasteiger partial charge on any atom is 0.469 e. The van der Waals surface area contributed by atoms with Gasteiger partial charge in [0.25, 0.3) is 0 Å². The summed E-state index contributed by atoms with van der Waals surface area (Å²) >= 11 is 0. The lowest BCUT2D eigenvalue weighted by molar-refractivity contribution is -0.147. The van der Waals surface area contributed by atoms with Crippen LogP contribution in [-0.4, -0.2) is 58.4 Å². The average Bonchev–Trinajstić information content (AvgIpc) is 2.73. The van der Waals surface area contributed by atoms with Crippen LogP contribution >= 0.6 is 7.82 Å². The summed E-state index contributed by atoms with van der Waals surface area (Å²) in [5, 5.41) is 17.1. The van der Waals surface area contributed by atoms with Crippen molar-refractivity contribution >= 4 is 13.8 Å². The predicted octanol–water partition coefficient (Wildman–Crippen LogP) is 3.42. The molecule has 0 aliphatic rings. The minimum atomic E-state index is -4.61. The summed E-state index contributed by atoms with van der Waals surface area (Å²) in [5.41, 5.74) is 4.78. The Morgan fingerprint density at radius 1 is 0.871 bits per heavy atom. The zero-order valence-corrected chi connectivity index (χ0v) is 20.1. The molecule has 9 nitrogen and oxygen atoms in total. The molecular weight excluding hydrogens is 425 g/mol. The minimum Gasteiger partial charge on any atom is -0.463 e. The van der Waals surface area contributed by atoms with Crippen molar-refractivity contribution in [3.63, 3.8) is 0 Å². The van der Waals surface area contributed by atoms with E-state index in [0.29, 0.717) is 13.0 Å². The highest BCUT2D eigenvalue weighted by Crippen LogP contribution is 2.35. The number of ether oxygens (including phenoxy) is 1. The van der Waals surface area contributed by atoms with E-state index in [4.69, 9.17) is 25.4 Å². The van der Waals surface area contributed by atoms with Gasteiger partial charge in [-0.1, -0.05) is 84.0 Å². The standard InChI is InChI=1S/C19H39O7P.C2H7NO/c1-2-3-4-5-6-7-8-9-10-11-12-13-14-15-19(21)25-16-18(20)17-26-27(22,23)24;3-1-2-4/h18,20H,2-17H2,1H3,(H2,22,23,24);4H,1-3H2. The Hall–Kier alpha value is -0.540. The highest BCUT2D eigenvalue weighted by molar-refractivity contribution is 7.46. The third kappa shape index (κ3) is 31.7. The normalized spacial score (nSPS) is 12.2. The molecule has 0 saturated carbocycles. The fraction of sp³-hybridized carbons (Fsp3) is 0.952. The van der Waals surface area contributed by atoms with Crippen LogP contribution in [0, 0.1) is 0 Å². The second kappa shape index (κ2) is 24.1. The number of phosphoric ester groups is 1. The van der Waals surface area contributed by atoms with Crippen molar-refractivity contribution in [3.8, 4) is 0 Å². The molecule has 0 saturated heterocycles. The quantitative estimate of drug-likeness (QED) is 0.102. The van der Waals surface area contributed by atoms with Gasteiger partial charge in [-0.05, 0) is 6.42 Å². The Labute approximate surface area is 187 Å². The van der Waals surface area contributed by atoms with Crippen LogP contribution in [0.5, 0.6) is 0 Å². The molecule has 1 atom stereocenters. The predicted molar refractivity (Wildman–Crippen MR) is 121 cm³/mol. The number of rotatable bonds is 20. The van der Waals surface area contributed by atoms with E-state index in [9.17, 15) is 14.5 Å². The number of carbonyl (C=O) groups is 1. The zero-order valence-electron chi connectivity index (χ0n) is 19.3. The third-order valence-electron chi connectivity index (χ3n) is 4.49. The number of hydrogen-bond acceptors (Lipinski definition) is 7. The van der Waals surface area contributed by atoms with Crippen molar-refractivity contribution in [2.45, 2.75) is 103 Å². The Morgan fingerprint density at radius 3 is 1.68 bits per heavy atom. The van der Waals surface area contributed by atoms with Crippen molar-refractivity contribution in [1.29, 1.82) is 0 Å². The summed E-state index contributed by atoms with van der Waals surface area (Å²) < 4.78 is 19.5. The lowest BCUT2D eigenvalue weighted by Crippen LogP contribution is -2.23. The van der Waals surface area contributed by atoms with Gasteiger partial charge < -0.3 is 30.5 Å². The highest BCUT2D eigenvalue weighted by Gasteiger charge is 2.17. The molecule has 10 heteroatoms. The van der Waals surface area contributed by atoms with Crippen molar-refractivity contribution in [1.82, 2.24) is 0 Å². The monoisotopic (exact) mass is 471 g/mol. The van der Waals surface area contributed by atoms with E-state index in [2.05, 4.69) is 11.4 Å². The number of aliphatic hydroxyl groups excluding tert-OH is 2. The van der Waals surface area contributed by atoms with E-state index in [1.807, 2.05) is 0 Å². The molecule has 6 N–H and O–H groups in total. The van der Waals surface area contributed by atoms with Gasteiger partial charge in [0, 0.05) is 13.0 Å². The fourth-order valence-electron chi connectivity index (χ4n) is 2.78. The summed E-state index contributed by atoms with van der Waals surface area (Å²) in [5.74, 6) is -0.409. The van der Waals surface area contributed by atoms with Crippen LogP contribution in [0.25, 0.3) is 0 Å². The topological polar surface area (TPSA) is 160 Å². The van der Waals surface area contributed by atoms with Crippen LogP contribution in [-0.2, 0) is 18.6 Å². The summed E-state index contributed by atoms with van der Waals surface area (Å²) in [6, 6.07) is 0. The maximum atomic E-state index is 11.5. The molecule has 1 unspecified atom stereocenters. The lowest BCUT2D eigenvalue weighted by Gasteiger charge is -2.12. The Morgan fingerprint density at radius 2 is 1.29 bits per heavy atom. The Bertz CT molecular complexity index is 432. The number of phosphoric acid groups is 1. The highest BCUT2D eigenvalue weighted by atomic mass is 31.2. The van der Waals surface area contributed by atoms with Gasteiger partial charge in [-0.15, -0.1) is 0 Å². The van der Waals surface area contributed by atoms with E-state index in [1.54, 1.807) is 0 Å². The van der Waals surface area contributed by atoms with Crippen LogP contribution in [0.15, 0.2) is 0 Å². The first-order valence-electron chi connectivity index (χ1n) is 11.6. The van der Waals surface area contributed by atoms with Crippen LogP contribution in [0.3, 0.4) is 0 Å². The first-order chi connectivity index (χ1) is 14.8. The molecule has 0 aromatic carbocycles. The summed E-state index contributed by atoms with van der Waals surface area (Å²) in [6.07, 6.45) is 15.1. The second-order valence-corrected chi connectivity index (χ2v) is 8.87. The second-order valence-electron chi connectivity index (χ2n) is 7.63. The van der Waals surface area contributed by atoms with Crippen LogP contribution in [0.2, 0.25) is 0 Å². The van der Waals surface area contributed by atoms with Crippen molar-refractivity contribution in [3.05, 3.63) is 0 Å². The average molecular weight is 472 g/mol. The van der Waals surface area contributed by atoms with Gasteiger partial charge in [0.2, 0.25) is 0 Å². The largest absolute Gasteiger partial charge is 0.469 e. The van der Waals surface area contributed by atoms with Gasteiger partial charge >= 0.3 is 13.8 Å². The van der Waals surface area contributed by atoms with E-state index < -0.39 is 26.5 Å². The van der Waals surface area contributed by atoms with Crippen molar-refractivity contribution in [2.75, 3.05) is 26.4 Å². The molecule has 0 bridgehead atoms. The summed E-state index contributed by atoms with van der Waals surface area (Å²) in [6.45, 7) is 1.82. The van der Waals surface area contributed by atoms with E-state index in [0.717, 1.165) is 19.3 Å². The van der Waals surface area contributed by atoms with Gasteiger partial charge in [0.1, 0.15) is 12.7 Å². The molecule has 0 aromatic rings. The molecule has 0 heterocycles. The molecule has 0 aliphatic carbocycles. The Balaban J connectivity index is 0. The SMILES string of the molecule is CCCCCCCCCCCCCCCC(=O)OCC(O)COP(=O)(O)O.NCCO. The number of hydrogen-bond donors (Lipinski definition) is 5. The van der Waals surface area contributed by atoms with Gasteiger partial charge in [-0.3, -0.25) is 9.32 Å². The zero-order chi connectivity index (χ0) is 23.8. The molecule has 0 aromatic heterocycles. The number of aliphatic hydroxyl groups is 2. The molecular formula is C21H46NO8P. The third-order valence-corrected chi connectivity index (χ3v) is 4.97. The van der Waals surface area contributed by atoms with E-state index in [1.165, 1.54) is 64.2 Å². The lowest BCUT2D eigenvalue weighted by atomic mass is 10.0. The van der Waals surface area contributed by atoms with Gasteiger partial charge in [-0.2, -0.15) is 0 Å². The van der Waals surface area contributed by atoms with E-state index >= 15 is 0 Å². The maximum absolute atomic E-state index is 11.5. The molecule has 0 spiro atoms. The van der Waals surface area contributed by atoms with Gasteiger partial charge in [0.05, 0.1) is 13.2 Å². The van der Waals surface area contributed by atoms with Crippen LogP contribution in [0.4, 0.5) is 0 Å². The minimum absolute atomic E-state index is 0.0972. The molecule has 0 rings (SSSR count). The summed E-state index contributed by atoms with van der Waals surface area (Å²) in [7, 11) is -4.61. The van der Waals surface area contributed by atoms with Crippen molar-refractivity contribution in [2.24, 2.45) is 5.73 Å². The van der Waals surface area contributed by atoms with E-state index in [-0.39, 0.29) is 13.2 Å². The molecule has 0 radical (unpaired) electrons. The molecule has 0 aliphatic heterocycles. The van der Waals surface area contributed by atoms with Crippen LogP contribution in [0.1, 0.15) is 96.8 Å². The van der Waals surface area contributed by atoms with Gasteiger partial charge in [-0.25, -0.2) is 4.57 Å². The fourth-order valence-corrected chi connectivity index (χ4v) is 3.15. The molecule has 0 amide bonds. The molecule has 31 heavy (non-hydrogen) atoms. The first kappa shape index (κ1) is 32.6. The Kier molecular flexibility index (Phi) is 25.4. The first-order valence-corrected chi connectivity index (χ1v) is 13.1. The smallest absolute Gasteiger partial charge is 0.463 e. The number of nitrogens with two attached hydrogens (primary N) is 1. The van der Waals surface area contributed by atoms with Gasteiger partial charge in [0.15, 0.2) is 0 Å². The number of carbonyl (C=O) groups excluding carboxylic acids is 1. The number of unbranched alkanes of at least 4 members (excludes halogenated alkanes) is 12. The molecule has 0 fully saturated rings.